The summed E-state index contributed by atoms with van der Waals surface area (Å²) < 4.78 is 0. The average Bonchev–Trinajstić information content (AvgIpc) is 2.97. The van der Waals surface area contributed by atoms with Gasteiger partial charge in [-0.05, 0) is 29.8 Å². The van der Waals surface area contributed by atoms with E-state index in [-0.39, 0.29) is 21.3 Å². The van der Waals surface area contributed by atoms with Crippen LogP contribution >= 0.6 is 34.5 Å². The number of benzene rings is 1. The highest BCUT2D eigenvalue weighted by Gasteiger charge is 2.14. The highest BCUT2D eigenvalue weighted by Crippen LogP contribution is 2.27. The lowest BCUT2D eigenvalue weighted by Crippen LogP contribution is -2.13. The molecule has 1 amide bonds. The molecule has 0 unspecified atom stereocenters. The first-order chi connectivity index (χ1) is 10.9. The van der Waals surface area contributed by atoms with Crippen LogP contribution in [0, 0.1) is 21.4 Å². The first-order valence-electron chi connectivity index (χ1n) is 6.02. The predicted molar refractivity (Wildman–Crippen MR) is 89.7 cm³/mol. The summed E-state index contributed by atoms with van der Waals surface area (Å²) >= 11 is 12.7. The zero-order valence-electron chi connectivity index (χ0n) is 11.2. The van der Waals surface area contributed by atoms with Gasteiger partial charge in [0.2, 0.25) is 0 Å². The fourth-order valence-corrected chi connectivity index (χ4v) is 2.63. The van der Waals surface area contributed by atoms with Crippen molar-refractivity contribution >= 4 is 57.2 Å². The van der Waals surface area contributed by atoms with Crippen LogP contribution in [-0.2, 0) is 4.79 Å². The highest BCUT2D eigenvalue weighted by molar-refractivity contribution is 7.13. The summed E-state index contributed by atoms with van der Waals surface area (Å²) in [7, 11) is 0. The van der Waals surface area contributed by atoms with Crippen LogP contribution in [-0.4, -0.2) is 10.8 Å². The Morgan fingerprint density at radius 2 is 2.13 bits per heavy atom. The topological polar surface area (TPSA) is 96.0 Å². The SMILES string of the molecule is N#C/C(=C/c1csc([N+](=O)[O-])c1)C(=O)Nc1cc(Cl)ccc1Cl. The largest absolute Gasteiger partial charge is 0.324 e. The summed E-state index contributed by atoms with van der Waals surface area (Å²) in [6.07, 6.45) is 1.26. The number of rotatable bonds is 4. The predicted octanol–water partition coefficient (Wildman–Crippen LogP) is 4.51. The standard InChI is InChI=1S/C14H7Cl2N3O3S/c15-10-1-2-11(16)12(5-10)18-14(20)9(6-17)3-8-4-13(19(21)22)23-7-8/h1-5,7H,(H,18,20)/b9-3-. The zero-order valence-corrected chi connectivity index (χ0v) is 13.6. The summed E-state index contributed by atoms with van der Waals surface area (Å²) in [5.41, 5.74) is 0.445. The Bertz CT molecular complexity index is 855. The van der Waals surface area contributed by atoms with Crippen molar-refractivity contribution in [1.29, 1.82) is 5.26 Å². The van der Waals surface area contributed by atoms with Crippen molar-refractivity contribution < 1.29 is 9.72 Å². The van der Waals surface area contributed by atoms with E-state index in [9.17, 15) is 14.9 Å². The van der Waals surface area contributed by atoms with Gasteiger partial charge >= 0.3 is 5.00 Å². The van der Waals surface area contributed by atoms with E-state index in [2.05, 4.69) is 5.32 Å². The molecule has 0 radical (unpaired) electrons. The van der Waals surface area contributed by atoms with E-state index >= 15 is 0 Å². The zero-order chi connectivity index (χ0) is 17.0. The van der Waals surface area contributed by atoms with Gasteiger partial charge in [-0.25, -0.2) is 0 Å². The summed E-state index contributed by atoms with van der Waals surface area (Å²) in [5.74, 6) is -0.689. The van der Waals surface area contributed by atoms with Gasteiger partial charge in [-0.1, -0.05) is 34.5 Å². The van der Waals surface area contributed by atoms with Crippen molar-refractivity contribution in [3.63, 3.8) is 0 Å². The van der Waals surface area contributed by atoms with Gasteiger partial charge in [-0.2, -0.15) is 5.26 Å². The number of thiophene rings is 1. The lowest BCUT2D eigenvalue weighted by molar-refractivity contribution is -0.380. The minimum Gasteiger partial charge on any atom is -0.320 e. The van der Waals surface area contributed by atoms with E-state index in [0.29, 0.717) is 10.6 Å². The lowest BCUT2D eigenvalue weighted by Gasteiger charge is -2.06. The molecule has 1 N–H and O–H groups in total. The fraction of sp³-hybridized carbons (Fsp3) is 0. The van der Waals surface area contributed by atoms with Crippen LogP contribution in [0.1, 0.15) is 5.56 Å². The fourth-order valence-electron chi connectivity index (χ4n) is 1.61. The number of halogens is 2. The summed E-state index contributed by atoms with van der Waals surface area (Å²) in [4.78, 5) is 22.2. The maximum Gasteiger partial charge on any atom is 0.324 e. The average molecular weight is 368 g/mol. The Morgan fingerprint density at radius 3 is 2.74 bits per heavy atom. The van der Waals surface area contributed by atoms with Crippen molar-refractivity contribution in [2.24, 2.45) is 0 Å². The number of amides is 1. The molecule has 0 aliphatic rings. The molecule has 23 heavy (non-hydrogen) atoms. The number of anilines is 1. The molecule has 0 bridgehead atoms. The number of nitriles is 1. The van der Waals surface area contributed by atoms with Gasteiger partial charge in [0.25, 0.3) is 5.91 Å². The number of nitro groups is 1. The molecular weight excluding hydrogens is 361 g/mol. The quantitative estimate of drug-likeness (QED) is 0.372. The van der Waals surface area contributed by atoms with E-state index < -0.39 is 10.8 Å². The third kappa shape index (κ3) is 4.29. The number of carbonyl (C=O) groups is 1. The monoisotopic (exact) mass is 367 g/mol. The molecule has 1 aromatic carbocycles. The molecule has 2 rings (SSSR count). The van der Waals surface area contributed by atoms with Crippen molar-refractivity contribution in [3.05, 3.63) is 60.9 Å². The van der Waals surface area contributed by atoms with E-state index in [1.165, 1.54) is 29.7 Å². The van der Waals surface area contributed by atoms with Crippen molar-refractivity contribution in [2.75, 3.05) is 5.32 Å². The minimum absolute atomic E-state index is 0.0770. The molecule has 1 aromatic heterocycles. The van der Waals surface area contributed by atoms with Crippen molar-refractivity contribution in [3.8, 4) is 6.07 Å². The minimum atomic E-state index is -0.689. The van der Waals surface area contributed by atoms with Crippen LogP contribution in [0.15, 0.2) is 35.2 Å². The van der Waals surface area contributed by atoms with E-state index in [1.54, 1.807) is 12.1 Å². The van der Waals surface area contributed by atoms with Crippen LogP contribution in [0.2, 0.25) is 10.0 Å². The van der Waals surface area contributed by atoms with Gasteiger partial charge < -0.3 is 5.32 Å². The van der Waals surface area contributed by atoms with E-state index in [1.807, 2.05) is 0 Å². The third-order valence-electron chi connectivity index (χ3n) is 2.64. The van der Waals surface area contributed by atoms with Crippen LogP contribution in [0.25, 0.3) is 6.08 Å². The smallest absolute Gasteiger partial charge is 0.320 e. The molecule has 6 nitrogen and oxygen atoms in total. The van der Waals surface area contributed by atoms with E-state index in [4.69, 9.17) is 28.5 Å². The Hall–Kier alpha value is -2.40. The molecule has 2 aromatic rings. The molecule has 0 saturated heterocycles. The van der Waals surface area contributed by atoms with Crippen molar-refractivity contribution in [1.82, 2.24) is 0 Å². The molecule has 1 heterocycles. The second kappa shape index (κ2) is 7.24. The molecular formula is C14H7Cl2N3O3S. The maximum absolute atomic E-state index is 12.1. The molecule has 0 aliphatic heterocycles. The van der Waals surface area contributed by atoms with E-state index in [0.717, 1.165) is 11.3 Å². The summed E-state index contributed by atoms with van der Waals surface area (Å²) in [6.45, 7) is 0. The Labute approximate surface area is 144 Å². The molecule has 116 valence electrons. The molecule has 0 fully saturated rings. The summed E-state index contributed by atoms with van der Waals surface area (Å²) in [6, 6.07) is 7.55. The van der Waals surface area contributed by atoms with Gasteiger partial charge in [0.1, 0.15) is 11.6 Å². The highest BCUT2D eigenvalue weighted by atomic mass is 35.5. The number of hydrogen-bond donors (Lipinski definition) is 1. The Balaban J connectivity index is 2.24. The first kappa shape index (κ1) is 17.0. The Kier molecular flexibility index (Phi) is 5.34. The van der Waals surface area contributed by atoms with Gasteiger partial charge in [0.05, 0.1) is 15.6 Å². The van der Waals surface area contributed by atoms with Crippen molar-refractivity contribution in [2.45, 2.75) is 0 Å². The van der Waals surface area contributed by atoms with Crippen LogP contribution in [0.4, 0.5) is 10.7 Å². The second-order valence-electron chi connectivity index (χ2n) is 4.22. The van der Waals surface area contributed by atoms with Gasteiger partial charge in [0, 0.05) is 16.5 Å². The molecule has 0 aliphatic carbocycles. The number of nitrogens with one attached hydrogen (secondary N) is 1. The molecule has 0 atom stereocenters. The first-order valence-corrected chi connectivity index (χ1v) is 7.65. The Morgan fingerprint density at radius 1 is 1.39 bits per heavy atom. The van der Waals surface area contributed by atoms with Gasteiger partial charge in [-0.15, -0.1) is 0 Å². The normalized spacial score (nSPS) is 10.9. The van der Waals surface area contributed by atoms with Crippen LogP contribution in [0.3, 0.4) is 0 Å². The number of carbonyl (C=O) groups excluding carboxylic acids is 1. The van der Waals surface area contributed by atoms with Gasteiger partial charge in [0.15, 0.2) is 0 Å². The van der Waals surface area contributed by atoms with Gasteiger partial charge in [-0.3, -0.25) is 14.9 Å². The molecule has 0 spiro atoms. The number of hydrogen-bond acceptors (Lipinski definition) is 5. The number of nitrogens with zero attached hydrogens (tertiary/aromatic N) is 2. The maximum atomic E-state index is 12.1. The lowest BCUT2D eigenvalue weighted by atomic mass is 10.2. The molecule has 0 saturated carbocycles. The molecule has 9 heteroatoms. The second-order valence-corrected chi connectivity index (χ2v) is 5.96. The van der Waals surface area contributed by atoms with Crippen LogP contribution < -0.4 is 5.32 Å². The third-order valence-corrected chi connectivity index (χ3v) is 4.10. The van der Waals surface area contributed by atoms with Crippen LogP contribution in [0.5, 0.6) is 0 Å². The summed E-state index contributed by atoms with van der Waals surface area (Å²) in [5, 5.41) is 24.3.